The van der Waals surface area contributed by atoms with E-state index in [1.165, 1.54) is 14.2 Å². The summed E-state index contributed by atoms with van der Waals surface area (Å²) in [6, 6.07) is 11.5. The van der Waals surface area contributed by atoms with E-state index < -0.39 is 43.9 Å². The molecule has 4 unspecified atom stereocenters. The molecule has 0 fully saturated rings. The monoisotopic (exact) mass is 698 g/mol. The summed E-state index contributed by atoms with van der Waals surface area (Å²) in [6.45, 7) is -1.06. The minimum atomic E-state index is -1.53. The zero-order chi connectivity index (χ0) is 29.0. The Labute approximate surface area is 269 Å². The van der Waals surface area contributed by atoms with Crippen molar-refractivity contribution < 1.29 is 19.7 Å². The Kier molecular flexibility index (Phi) is 5.93. The summed E-state index contributed by atoms with van der Waals surface area (Å²) in [5.41, 5.74) is -0.699. The molecule has 0 aromatic heterocycles. The number of hydrogen-bond acceptors (Lipinski definition) is 4. The van der Waals surface area contributed by atoms with Crippen LogP contribution in [0.1, 0.15) is 22.3 Å². The van der Waals surface area contributed by atoms with E-state index in [1.807, 2.05) is 36.4 Å². The van der Waals surface area contributed by atoms with Crippen molar-refractivity contribution in [2.24, 2.45) is 0 Å². The number of methoxy groups -OCH3 is 2. The van der Waals surface area contributed by atoms with Crippen LogP contribution in [0.5, 0.6) is 0 Å². The molecule has 4 atom stereocenters. The van der Waals surface area contributed by atoms with Crippen molar-refractivity contribution in [3.63, 3.8) is 0 Å². The Bertz CT molecular complexity index is 1540. The predicted molar refractivity (Wildman–Crippen MR) is 163 cm³/mol. The third-order valence-electron chi connectivity index (χ3n) is 9.52. The first-order valence-electron chi connectivity index (χ1n) is 12.0. The van der Waals surface area contributed by atoms with Crippen molar-refractivity contribution in [3.05, 3.63) is 78.8 Å². The van der Waals surface area contributed by atoms with Crippen LogP contribution in [-0.4, -0.2) is 48.8 Å². The second-order valence-corrected chi connectivity index (χ2v) is 14.4. The molecule has 12 heteroatoms. The van der Waals surface area contributed by atoms with Gasteiger partial charge >= 0.3 is 0 Å². The van der Waals surface area contributed by atoms with Crippen LogP contribution in [0, 0.1) is 0 Å². The molecule has 0 saturated carbocycles. The molecule has 0 heterocycles. The van der Waals surface area contributed by atoms with E-state index in [1.54, 1.807) is 0 Å². The number of fused-ring (bicyclic) bond motifs is 12. The molecule has 4 nitrogen and oxygen atoms in total. The molecule has 210 valence electrons. The molecule has 3 aromatic rings. The van der Waals surface area contributed by atoms with Gasteiger partial charge in [0.2, 0.25) is 0 Å². The minimum Gasteiger partial charge on any atom is -0.393 e. The van der Waals surface area contributed by atoms with Crippen LogP contribution in [0.4, 0.5) is 0 Å². The van der Waals surface area contributed by atoms with Gasteiger partial charge in [0.25, 0.3) is 0 Å². The first-order valence-corrected chi connectivity index (χ1v) is 15.1. The first-order chi connectivity index (χ1) is 18.8. The van der Waals surface area contributed by atoms with Gasteiger partial charge in [0.15, 0.2) is 0 Å². The molecule has 4 bridgehead atoms. The molecule has 4 aliphatic rings. The molecular formula is C28H18Cl8O4. The lowest BCUT2D eigenvalue weighted by Crippen LogP contribution is -2.54. The molecule has 4 aliphatic carbocycles. The van der Waals surface area contributed by atoms with Gasteiger partial charge in [-0.3, -0.25) is 0 Å². The van der Waals surface area contributed by atoms with E-state index in [4.69, 9.17) is 102 Å². The number of ether oxygens (including phenoxy) is 2. The van der Waals surface area contributed by atoms with Crippen LogP contribution in [0.3, 0.4) is 0 Å². The fraction of sp³-hybridized carbons (Fsp3) is 0.357. The van der Waals surface area contributed by atoms with Crippen LogP contribution >= 0.6 is 92.8 Å². The zero-order valence-corrected chi connectivity index (χ0v) is 26.7. The number of benzene rings is 3. The van der Waals surface area contributed by atoms with Crippen LogP contribution < -0.4 is 0 Å². The summed E-state index contributed by atoms with van der Waals surface area (Å²) < 4.78 is 11.6. The van der Waals surface area contributed by atoms with E-state index >= 15 is 0 Å². The van der Waals surface area contributed by atoms with Crippen molar-refractivity contribution in [2.75, 3.05) is 27.4 Å². The second-order valence-electron chi connectivity index (χ2n) is 10.6. The smallest absolute Gasteiger partial charge is 0.147 e. The average Bonchev–Trinajstić information content (AvgIpc) is 3.35. The summed E-state index contributed by atoms with van der Waals surface area (Å²) in [7, 11) is 2.83. The molecular weight excluding hydrogens is 684 g/mol. The standard InChI is InChI=1S/C28H18Cl8O4/c1-39-23(9-37)25(33)15-5-11-3-13-7-17-18(28(36)22(32)21(31)27(17,35)24(28,10-38)40-2)8-14(13)4-12(11)6-16(15)26(23,34)20(30)19(25)29/h3-8,37-38H,9-10H2,1-2H3. The highest BCUT2D eigenvalue weighted by molar-refractivity contribution is 6.53. The predicted octanol–water partition coefficient (Wildman–Crippen LogP) is 7.92. The molecule has 0 radical (unpaired) electrons. The van der Waals surface area contributed by atoms with Gasteiger partial charge in [-0.1, -0.05) is 46.4 Å². The van der Waals surface area contributed by atoms with Gasteiger partial charge in [0, 0.05) is 14.2 Å². The zero-order valence-electron chi connectivity index (χ0n) is 20.6. The SMILES string of the molecule is COC1(CO)C2(Cl)C(Cl)=C(Cl)C1(Cl)c1cc3cc4cc5c(cc4cc3cc12)C1(Cl)C(Cl)=C(Cl)C5(Cl)C1(CO)OC. The quantitative estimate of drug-likeness (QED) is 0.215. The number of hydrogen-bond donors (Lipinski definition) is 2. The van der Waals surface area contributed by atoms with Gasteiger partial charge in [-0.25, -0.2) is 0 Å². The third kappa shape index (κ3) is 2.48. The molecule has 0 amide bonds. The van der Waals surface area contributed by atoms with Crippen molar-refractivity contribution >= 4 is 114 Å². The lowest BCUT2D eigenvalue weighted by Gasteiger charge is -2.40. The molecule has 40 heavy (non-hydrogen) atoms. The largest absolute Gasteiger partial charge is 0.393 e. The number of aliphatic hydroxyl groups is 2. The van der Waals surface area contributed by atoms with Crippen molar-refractivity contribution in [3.8, 4) is 0 Å². The van der Waals surface area contributed by atoms with E-state index in [0.29, 0.717) is 22.3 Å². The Hall–Kier alpha value is -0.180. The topological polar surface area (TPSA) is 58.9 Å². The maximum Gasteiger partial charge on any atom is 0.147 e. The van der Waals surface area contributed by atoms with Crippen LogP contribution in [0.15, 0.2) is 56.5 Å². The fourth-order valence-corrected chi connectivity index (χ4v) is 11.5. The molecule has 7 rings (SSSR count). The van der Waals surface area contributed by atoms with Gasteiger partial charge in [-0.15, -0.1) is 46.4 Å². The van der Waals surface area contributed by atoms with E-state index in [-0.39, 0.29) is 20.1 Å². The van der Waals surface area contributed by atoms with Crippen molar-refractivity contribution in [1.82, 2.24) is 0 Å². The van der Waals surface area contributed by atoms with Crippen molar-refractivity contribution in [2.45, 2.75) is 30.7 Å². The van der Waals surface area contributed by atoms with Gasteiger partial charge in [0.1, 0.15) is 30.7 Å². The summed E-state index contributed by atoms with van der Waals surface area (Å²) in [5, 5.41) is 24.8. The lowest BCUT2D eigenvalue weighted by molar-refractivity contribution is -0.0780. The lowest BCUT2D eigenvalue weighted by atomic mass is 9.87. The van der Waals surface area contributed by atoms with Crippen LogP contribution in [0.25, 0.3) is 21.5 Å². The van der Waals surface area contributed by atoms with Gasteiger partial charge in [-0.2, -0.15) is 0 Å². The number of aliphatic hydroxyl groups excluding tert-OH is 2. The van der Waals surface area contributed by atoms with E-state index in [9.17, 15) is 10.2 Å². The highest BCUT2D eigenvalue weighted by Gasteiger charge is 2.79. The summed E-state index contributed by atoms with van der Waals surface area (Å²) in [4.78, 5) is -6.03. The Morgan fingerprint density at radius 1 is 0.500 bits per heavy atom. The molecule has 0 aliphatic heterocycles. The molecule has 0 spiro atoms. The maximum atomic E-state index is 10.5. The summed E-state index contributed by atoms with van der Waals surface area (Å²) >= 11 is 55.5. The van der Waals surface area contributed by atoms with Crippen LogP contribution in [-0.2, 0) is 29.0 Å². The fourth-order valence-electron chi connectivity index (χ4n) is 7.50. The van der Waals surface area contributed by atoms with Gasteiger partial charge < -0.3 is 19.7 Å². The maximum absolute atomic E-state index is 10.5. The first kappa shape index (κ1) is 28.6. The van der Waals surface area contributed by atoms with Gasteiger partial charge in [-0.05, 0) is 80.2 Å². The second kappa shape index (κ2) is 8.29. The van der Waals surface area contributed by atoms with E-state index in [0.717, 1.165) is 21.5 Å². The third-order valence-corrected chi connectivity index (χ3v) is 14.8. The minimum absolute atomic E-state index is 0.109. The Morgan fingerprint density at radius 2 is 0.725 bits per heavy atom. The Balaban J connectivity index is 1.52. The van der Waals surface area contributed by atoms with Crippen molar-refractivity contribution in [1.29, 1.82) is 0 Å². The number of halogens is 8. The highest BCUT2D eigenvalue weighted by Crippen LogP contribution is 2.76. The van der Waals surface area contributed by atoms with E-state index in [2.05, 4.69) is 0 Å². The number of rotatable bonds is 4. The molecule has 3 aromatic carbocycles. The normalized spacial score (nSPS) is 39.3. The molecule has 2 N–H and O–H groups in total. The number of alkyl halides is 4. The summed E-state index contributed by atoms with van der Waals surface area (Å²) in [5.74, 6) is 0. The summed E-state index contributed by atoms with van der Waals surface area (Å²) in [6.07, 6.45) is 0. The van der Waals surface area contributed by atoms with Crippen LogP contribution in [0.2, 0.25) is 0 Å². The average molecular weight is 702 g/mol. The Morgan fingerprint density at radius 3 is 0.900 bits per heavy atom. The highest BCUT2D eigenvalue weighted by atomic mass is 35.5. The molecule has 0 saturated heterocycles. The van der Waals surface area contributed by atoms with Gasteiger partial charge in [0.05, 0.1) is 33.3 Å².